The Kier molecular flexibility index (Phi) is 5.57. The molecule has 1 amide bonds. The molecule has 0 aliphatic heterocycles. The van der Waals surface area contributed by atoms with Crippen LogP contribution in [0.3, 0.4) is 0 Å². The van der Waals surface area contributed by atoms with Crippen molar-refractivity contribution in [3.8, 4) is 0 Å². The predicted octanol–water partition coefficient (Wildman–Crippen LogP) is 4.55. The van der Waals surface area contributed by atoms with E-state index in [1.165, 1.54) is 4.88 Å². The minimum Gasteiger partial charge on any atom is -0.352 e. The molecule has 1 heterocycles. The smallest absolute Gasteiger partial charge is 0.251 e. The van der Waals surface area contributed by atoms with E-state index in [1.54, 1.807) is 17.4 Å². The molecule has 4 heteroatoms. The molecule has 25 heavy (non-hydrogen) atoms. The number of fused-ring (bicyclic) bond motifs is 2. The predicted molar refractivity (Wildman–Crippen MR) is 106 cm³/mol. The number of carbonyl (C=O) groups is 1. The first-order chi connectivity index (χ1) is 12.0. The van der Waals surface area contributed by atoms with Crippen molar-refractivity contribution in [2.75, 3.05) is 6.54 Å². The van der Waals surface area contributed by atoms with Crippen molar-refractivity contribution in [3.05, 3.63) is 44.4 Å². The first-order valence-electron chi connectivity index (χ1n) is 9.40. The van der Waals surface area contributed by atoms with Crippen LogP contribution in [0.2, 0.25) is 0 Å². The number of benzene rings is 1. The maximum Gasteiger partial charge on any atom is 0.251 e. The van der Waals surface area contributed by atoms with Gasteiger partial charge in [-0.15, -0.1) is 11.3 Å². The molecule has 1 N–H and O–H groups in total. The molecule has 1 aromatic carbocycles. The molecular weight excluding hydrogens is 330 g/mol. The van der Waals surface area contributed by atoms with Crippen LogP contribution in [0.4, 0.5) is 0 Å². The lowest BCUT2D eigenvalue weighted by Crippen LogP contribution is -2.28. The van der Waals surface area contributed by atoms with E-state index in [0.717, 1.165) is 47.8 Å². The summed E-state index contributed by atoms with van der Waals surface area (Å²) >= 11 is 1.70. The van der Waals surface area contributed by atoms with Gasteiger partial charge in [0, 0.05) is 32.6 Å². The van der Waals surface area contributed by atoms with Crippen LogP contribution in [-0.4, -0.2) is 12.5 Å². The summed E-state index contributed by atoms with van der Waals surface area (Å²) in [6.07, 6.45) is 5.23. The van der Waals surface area contributed by atoms with Crippen molar-refractivity contribution >= 4 is 27.3 Å². The van der Waals surface area contributed by atoms with Crippen LogP contribution < -0.4 is 10.7 Å². The highest BCUT2D eigenvalue weighted by atomic mass is 32.1. The molecule has 3 nitrogen and oxygen atoms in total. The second-order valence-corrected chi connectivity index (χ2v) is 8.42. The number of amides is 1. The maximum absolute atomic E-state index is 12.8. The fourth-order valence-electron chi connectivity index (χ4n) is 3.41. The van der Waals surface area contributed by atoms with Gasteiger partial charge in [-0.2, -0.15) is 0 Å². The van der Waals surface area contributed by atoms with E-state index in [9.17, 15) is 9.59 Å². The summed E-state index contributed by atoms with van der Waals surface area (Å²) in [6, 6.07) is 5.51. The SMILES string of the molecule is CCC(C)CNC(=O)c1ccc2c(=O)c3c(sc2c1)CC(CC)CC3. The van der Waals surface area contributed by atoms with Gasteiger partial charge in [0.25, 0.3) is 5.91 Å². The minimum absolute atomic E-state index is 0.0500. The van der Waals surface area contributed by atoms with Gasteiger partial charge in [-0.25, -0.2) is 0 Å². The molecule has 134 valence electrons. The van der Waals surface area contributed by atoms with Crippen molar-refractivity contribution in [1.29, 1.82) is 0 Å². The molecule has 2 unspecified atom stereocenters. The van der Waals surface area contributed by atoms with Crippen molar-refractivity contribution in [1.82, 2.24) is 5.32 Å². The quantitative estimate of drug-likeness (QED) is 0.853. The standard InChI is InChI=1S/C21H27NO2S/c1-4-13(3)12-22-21(24)15-7-9-17-19(11-15)25-18-10-14(5-2)6-8-16(18)20(17)23/h7,9,11,13-14H,4-6,8,10,12H2,1-3H3,(H,22,24). The Morgan fingerprint density at radius 3 is 2.88 bits per heavy atom. The lowest BCUT2D eigenvalue weighted by Gasteiger charge is -2.22. The van der Waals surface area contributed by atoms with E-state index < -0.39 is 0 Å². The third-order valence-corrected chi connectivity index (χ3v) is 6.71. The molecule has 0 spiro atoms. The molecule has 0 radical (unpaired) electrons. The maximum atomic E-state index is 12.8. The van der Waals surface area contributed by atoms with E-state index in [1.807, 2.05) is 12.1 Å². The van der Waals surface area contributed by atoms with Gasteiger partial charge >= 0.3 is 0 Å². The average molecular weight is 358 g/mol. The number of nitrogens with one attached hydrogen (secondary N) is 1. The summed E-state index contributed by atoms with van der Waals surface area (Å²) in [4.78, 5) is 26.4. The molecule has 0 bridgehead atoms. The van der Waals surface area contributed by atoms with Gasteiger partial charge in [0.05, 0.1) is 0 Å². The van der Waals surface area contributed by atoms with E-state index >= 15 is 0 Å². The summed E-state index contributed by atoms with van der Waals surface area (Å²) in [5.41, 5.74) is 1.83. The van der Waals surface area contributed by atoms with E-state index in [4.69, 9.17) is 0 Å². The fraction of sp³-hybridized carbons (Fsp3) is 0.524. The summed E-state index contributed by atoms with van der Waals surface area (Å²) in [7, 11) is 0. The fourth-order valence-corrected chi connectivity index (χ4v) is 4.77. The molecule has 0 fully saturated rings. The summed E-state index contributed by atoms with van der Waals surface area (Å²) in [5, 5.41) is 3.76. The molecule has 0 saturated carbocycles. The largest absolute Gasteiger partial charge is 0.352 e. The van der Waals surface area contributed by atoms with Crippen LogP contribution in [0.25, 0.3) is 10.1 Å². The van der Waals surface area contributed by atoms with Gasteiger partial charge < -0.3 is 5.32 Å². The van der Waals surface area contributed by atoms with Gasteiger partial charge in [-0.05, 0) is 49.3 Å². The zero-order valence-electron chi connectivity index (χ0n) is 15.4. The zero-order chi connectivity index (χ0) is 18.0. The van der Waals surface area contributed by atoms with Gasteiger partial charge in [0.2, 0.25) is 0 Å². The first-order valence-corrected chi connectivity index (χ1v) is 10.2. The Bertz CT molecular complexity index is 840. The first kappa shape index (κ1) is 18.1. The second-order valence-electron chi connectivity index (χ2n) is 7.28. The Morgan fingerprint density at radius 1 is 1.36 bits per heavy atom. The van der Waals surface area contributed by atoms with Gasteiger partial charge in [0.1, 0.15) is 0 Å². The van der Waals surface area contributed by atoms with E-state index in [2.05, 4.69) is 26.1 Å². The zero-order valence-corrected chi connectivity index (χ0v) is 16.2. The van der Waals surface area contributed by atoms with Gasteiger partial charge in [-0.1, -0.05) is 33.6 Å². The Balaban J connectivity index is 1.92. The van der Waals surface area contributed by atoms with Crippen molar-refractivity contribution in [3.63, 3.8) is 0 Å². The van der Waals surface area contributed by atoms with E-state index in [0.29, 0.717) is 23.9 Å². The highest BCUT2D eigenvalue weighted by Gasteiger charge is 2.22. The highest BCUT2D eigenvalue weighted by molar-refractivity contribution is 7.18. The lowest BCUT2D eigenvalue weighted by atomic mass is 9.86. The molecule has 2 aromatic rings. The molecule has 1 aliphatic rings. The highest BCUT2D eigenvalue weighted by Crippen LogP contribution is 2.32. The minimum atomic E-state index is -0.0500. The number of hydrogen-bond donors (Lipinski definition) is 1. The van der Waals surface area contributed by atoms with Crippen LogP contribution >= 0.6 is 11.3 Å². The number of carbonyl (C=O) groups excluding carboxylic acids is 1. The van der Waals surface area contributed by atoms with Crippen LogP contribution in [0.1, 0.15) is 60.8 Å². The summed E-state index contributed by atoms with van der Waals surface area (Å²) in [5.74, 6) is 1.10. The topological polar surface area (TPSA) is 46.2 Å². The van der Waals surface area contributed by atoms with Gasteiger partial charge in [0.15, 0.2) is 5.43 Å². The van der Waals surface area contributed by atoms with Crippen LogP contribution in [0, 0.1) is 11.8 Å². The third-order valence-electron chi connectivity index (χ3n) is 5.49. The Morgan fingerprint density at radius 2 is 2.16 bits per heavy atom. The second kappa shape index (κ2) is 7.69. The Labute approximate surface area is 153 Å². The van der Waals surface area contributed by atoms with Crippen LogP contribution in [0.15, 0.2) is 23.0 Å². The number of rotatable bonds is 5. The van der Waals surface area contributed by atoms with Crippen molar-refractivity contribution in [2.45, 2.75) is 52.9 Å². The van der Waals surface area contributed by atoms with Gasteiger partial charge in [-0.3, -0.25) is 9.59 Å². The van der Waals surface area contributed by atoms with Crippen LogP contribution in [0.5, 0.6) is 0 Å². The average Bonchev–Trinajstić information content (AvgIpc) is 2.64. The Hall–Kier alpha value is -1.68. The van der Waals surface area contributed by atoms with Crippen LogP contribution in [-0.2, 0) is 12.8 Å². The third kappa shape index (κ3) is 3.79. The lowest BCUT2D eigenvalue weighted by molar-refractivity contribution is 0.0948. The van der Waals surface area contributed by atoms with E-state index in [-0.39, 0.29) is 11.3 Å². The molecule has 3 rings (SSSR count). The molecule has 1 aliphatic carbocycles. The van der Waals surface area contributed by atoms with Crippen molar-refractivity contribution < 1.29 is 4.79 Å². The molecule has 2 atom stereocenters. The summed E-state index contributed by atoms with van der Waals surface area (Å²) in [6.45, 7) is 7.16. The summed E-state index contributed by atoms with van der Waals surface area (Å²) < 4.78 is 0.941. The normalized spacial score (nSPS) is 18.0. The monoisotopic (exact) mass is 357 g/mol. The molecular formula is C21H27NO2S. The molecule has 1 aromatic heterocycles. The number of hydrogen-bond acceptors (Lipinski definition) is 3. The molecule has 0 saturated heterocycles. The van der Waals surface area contributed by atoms with Crippen molar-refractivity contribution in [2.24, 2.45) is 11.8 Å².